The summed E-state index contributed by atoms with van der Waals surface area (Å²) < 4.78 is 4.88. The third-order valence-electron chi connectivity index (χ3n) is 2.14. The van der Waals surface area contributed by atoms with Gasteiger partial charge in [0.05, 0.1) is 5.57 Å². The van der Waals surface area contributed by atoms with Gasteiger partial charge >= 0.3 is 5.97 Å². The van der Waals surface area contributed by atoms with Gasteiger partial charge < -0.3 is 4.74 Å². The van der Waals surface area contributed by atoms with E-state index >= 15 is 0 Å². The number of cyclic esters (lactones) is 1. The number of carbonyl (C=O) groups is 1. The van der Waals surface area contributed by atoms with Gasteiger partial charge in [0, 0.05) is 0 Å². The molecule has 0 aromatic carbocycles. The molecular weight excluding hydrogens is 140 g/mol. The summed E-state index contributed by atoms with van der Waals surface area (Å²) >= 11 is 0. The minimum absolute atomic E-state index is 0.150. The smallest absolute Gasteiger partial charge is 0.338 e. The van der Waals surface area contributed by atoms with E-state index in [1.165, 1.54) is 5.57 Å². The van der Waals surface area contributed by atoms with Gasteiger partial charge in [-0.3, -0.25) is 0 Å². The van der Waals surface area contributed by atoms with E-state index in [0.29, 0.717) is 12.5 Å². The van der Waals surface area contributed by atoms with Crippen LogP contribution in [0.15, 0.2) is 23.3 Å². The SMILES string of the molecule is CC1C=CC2=C(COC2=O)C1. The first-order valence-electron chi connectivity index (χ1n) is 3.84. The molecule has 0 saturated heterocycles. The maximum absolute atomic E-state index is 11.0. The molecule has 58 valence electrons. The highest BCUT2D eigenvalue weighted by molar-refractivity contribution is 5.95. The van der Waals surface area contributed by atoms with Gasteiger partial charge in [-0.25, -0.2) is 4.79 Å². The average Bonchev–Trinajstić information content (AvgIpc) is 2.32. The lowest BCUT2D eigenvalue weighted by atomic mass is 9.92. The molecule has 0 aromatic heterocycles. The van der Waals surface area contributed by atoms with Crippen molar-refractivity contribution in [3.63, 3.8) is 0 Å². The summed E-state index contributed by atoms with van der Waals surface area (Å²) in [5.74, 6) is 0.409. The summed E-state index contributed by atoms with van der Waals surface area (Å²) in [7, 11) is 0. The molecule has 2 aliphatic rings. The van der Waals surface area contributed by atoms with Gasteiger partial charge in [0.2, 0.25) is 0 Å². The number of allylic oxidation sites excluding steroid dienone is 1. The van der Waals surface area contributed by atoms with Crippen molar-refractivity contribution in [2.45, 2.75) is 13.3 Å². The molecule has 1 atom stereocenters. The van der Waals surface area contributed by atoms with E-state index in [9.17, 15) is 4.79 Å². The highest BCUT2D eigenvalue weighted by Crippen LogP contribution is 2.28. The van der Waals surface area contributed by atoms with Gasteiger partial charge in [0.1, 0.15) is 6.61 Å². The zero-order chi connectivity index (χ0) is 7.84. The summed E-state index contributed by atoms with van der Waals surface area (Å²) in [5.41, 5.74) is 1.97. The zero-order valence-corrected chi connectivity index (χ0v) is 6.46. The van der Waals surface area contributed by atoms with E-state index < -0.39 is 0 Å². The Morgan fingerprint density at radius 1 is 1.64 bits per heavy atom. The van der Waals surface area contributed by atoms with Crippen molar-refractivity contribution in [2.24, 2.45) is 5.92 Å². The summed E-state index contributed by atoms with van der Waals surface area (Å²) in [6.07, 6.45) is 4.93. The van der Waals surface area contributed by atoms with Gasteiger partial charge in [0.25, 0.3) is 0 Å². The maximum atomic E-state index is 11.0. The Balaban J connectivity index is 2.32. The van der Waals surface area contributed by atoms with Crippen molar-refractivity contribution >= 4 is 5.97 Å². The predicted molar refractivity (Wildman–Crippen MR) is 40.9 cm³/mol. The van der Waals surface area contributed by atoms with E-state index in [4.69, 9.17) is 4.74 Å². The van der Waals surface area contributed by atoms with Gasteiger partial charge in [0.15, 0.2) is 0 Å². The molecule has 2 rings (SSSR count). The quantitative estimate of drug-likeness (QED) is 0.488. The molecule has 0 N–H and O–H groups in total. The van der Waals surface area contributed by atoms with Gasteiger partial charge in [-0.05, 0) is 17.9 Å². The minimum Gasteiger partial charge on any atom is -0.458 e. The minimum atomic E-state index is -0.150. The van der Waals surface area contributed by atoms with Crippen LogP contribution in [0.5, 0.6) is 0 Å². The number of hydrogen-bond acceptors (Lipinski definition) is 2. The fourth-order valence-electron chi connectivity index (χ4n) is 1.52. The van der Waals surface area contributed by atoms with E-state index in [1.54, 1.807) is 0 Å². The number of hydrogen-bond donors (Lipinski definition) is 0. The fraction of sp³-hybridized carbons (Fsp3) is 0.444. The zero-order valence-electron chi connectivity index (χ0n) is 6.46. The van der Waals surface area contributed by atoms with E-state index in [2.05, 4.69) is 13.0 Å². The second kappa shape index (κ2) is 2.22. The monoisotopic (exact) mass is 150 g/mol. The highest BCUT2D eigenvalue weighted by atomic mass is 16.5. The van der Waals surface area contributed by atoms with Crippen LogP contribution in [0.4, 0.5) is 0 Å². The molecule has 1 aliphatic heterocycles. The number of ether oxygens (including phenoxy) is 1. The third kappa shape index (κ3) is 0.985. The summed E-state index contributed by atoms with van der Waals surface area (Å²) in [6, 6.07) is 0. The van der Waals surface area contributed by atoms with Crippen LogP contribution in [0.2, 0.25) is 0 Å². The lowest BCUT2D eigenvalue weighted by Crippen LogP contribution is -2.02. The van der Waals surface area contributed by atoms with Crippen LogP contribution in [0.1, 0.15) is 13.3 Å². The van der Waals surface area contributed by atoms with E-state index in [1.807, 2.05) is 6.08 Å². The predicted octanol–water partition coefficient (Wildman–Crippen LogP) is 1.44. The lowest BCUT2D eigenvalue weighted by Gasteiger charge is -2.10. The van der Waals surface area contributed by atoms with Crippen LogP contribution in [-0.4, -0.2) is 12.6 Å². The Kier molecular flexibility index (Phi) is 1.34. The Bertz CT molecular complexity index is 261. The molecule has 0 saturated carbocycles. The van der Waals surface area contributed by atoms with Crippen LogP contribution < -0.4 is 0 Å². The highest BCUT2D eigenvalue weighted by Gasteiger charge is 2.25. The van der Waals surface area contributed by atoms with Gasteiger partial charge in [-0.1, -0.05) is 19.1 Å². The van der Waals surface area contributed by atoms with Crippen LogP contribution in [0.25, 0.3) is 0 Å². The first-order valence-corrected chi connectivity index (χ1v) is 3.84. The van der Waals surface area contributed by atoms with Crippen molar-refractivity contribution in [3.8, 4) is 0 Å². The largest absolute Gasteiger partial charge is 0.458 e. The third-order valence-corrected chi connectivity index (χ3v) is 2.14. The van der Waals surface area contributed by atoms with Crippen molar-refractivity contribution in [1.29, 1.82) is 0 Å². The standard InChI is InChI=1S/C9H10O2/c1-6-2-3-8-7(4-6)5-11-9(8)10/h2-3,6H,4-5H2,1H3. The second-order valence-corrected chi connectivity index (χ2v) is 3.13. The van der Waals surface area contributed by atoms with E-state index in [0.717, 1.165) is 12.0 Å². The van der Waals surface area contributed by atoms with Gasteiger partial charge in [-0.15, -0.1) is 0 Å². The van der Waals surface area contributed by atoms with Crippen LogP contribution in [0.3, 0.4) is 0 Å². The molecule has 2 heteroatoms. The number of esters is 1. The van der Waals surface area contributed by atoms with Gasteiger partial charge in [-0.2, -0.15) is 0 Å². The van der Waals surface area contributed by atoms with Crippen LogP contribution in [-0.2, 0) is 9.53 Å². The van der Waals surface area contributed by atoms with E-state index in [-0.39, 0.29) is 5.97 Å². The number of rotatable bonds is 0. The first-order chi connectivity index (χ1) is 5.27. The molecule has 1 heterocycles. The molecular formula is C9H10O2. The Morgan fingerprint density at radius 3 is 3.27 bits per heavy atom. The molecule has 0 fully saturated rings. The van der Waals surface area contributed by atoms with Crippen molar-refractivity contribution in [3.05, 3.63) is 23.3 Å². The van der Waals surface area contributed by atoms with Crippen LogP contribution >= 0.6 is 0 Å². The van der Waals surface area contributed by atoms with Crippen molar-refractivity contribution < 1.29 is 9.53 Å². The Hall–Kier alpha value is -1.05. The summed E-state index contributed by atoms with van der Waals surface area (Å²) in [6.45, 7) is 2.66. The first kappa shape index (κ1) is 6.65. The van der Waals surface area contributed by atoms with Crippen molar-refractivity contribution in [1.82, 2.24) is 0 Å². The number of carbonyl (C=O) groups excluding carboxylic acids is 1. The molecule has 1 aliphatic carbocycles. The molecule has 0 bridgehead atoms. The topological polar surface area (TPSA) is 26.3 Å². The average molecular weight is 150 g/mol. The second-order valence-electron chi connectivity index (χ2n) is 3.13. The normalized spacial score (nSPS) is 28.8. The summed E-state index contributed by atoms with van der Waals surface area (Å²) in [5, 5.41) is 0. The molecule has 0 aromatic rings. The van der Waals surface area contributed by atoms with Crippen LogP contribution in [0, 0.1) is 5.92 Å². The maximum Gasteiger partial charge on any atom is 0.338 e. The molecule has 0 radical (unpaired) electrons. The summed E-state index contributed by atoms with van der Waals surface area (Å²) in [4.78, 5) is 11.0. The fourth-order valence-corrected chi connectivity index (χ4v) is 1.52. The van der Waals surface area contributed by atoms with Crippen molar-refractivity contribution in [2.75, 3.05) is 6.61 Å². The lowest BCUT2D eigenvalue weighted by molar-refractivity contribution is -0.135. The Labute approximate surface area is 65.5 Å². The molecule has 1 unspecified atom stereocenters. The Morgan fingerprint density at radius 2 is 2.45 bits per heavy atom. The molecule has 0 amide bonds. The molecule has 2 nitrogen and oxygen atoms in total. The molecule has 0 spiro atoms. The molecule has 11 heavy (non-hydrogen) atoms.